The number of Topliss-reactive ketones (excluding diaryl/α,β-unsaturated/α-hetero) is 1. The van der Waals surface area contributed by atoms with Crippen LogP contribution in [0.3, 0.4) is 0 Å². The first-order valence-corrected chi connectivity index (χ1v) is 11.2. The van der Waals surface area contributed by atoms with Crippen LogP contribution in [0.2, 0.25) is 5.02 Å². The number of rotatable bonds is 6. The number of ether oxygens (including phenoxy) is 3. The molecular formula is C26H26ClNO5. The first kappa shape index (κ1) is 23.1. The Hall–Kier alpha value is -3.12. The van der Waals surface area contributed by atoms with Gasteiger partial charge in [-0.3, -0.25) is 14.6 Å². The molecule has 1 heterocycles. The molecule has 33 heavy (non-hydrogen) atoms. The molecule has 4 rings (SSSR count). The van der Waals surface area contributed by atoms with Crippen molar-refractivity contribution in [2.24, 2.45) is 10.9 Å². The molecule has 2 atom stereocenters. The van der Waals surface area contributed by atoms with Crippen molar-refractivity contribution in [3.63, 3.8) is 0 Å². The van der Waals surface area contributed by atoms with Gasteiger partial charge in [0, 0.05) is 34.3 Å². The second kappa shape index (κ2) is 9.79. The van der Waals surface area contributed by atoms with Crippen molar-refractivity contribution in [3.05, 3.63) is 69.9 Å². The Morgan fingerprint density at radius 1 is 1.12 bits per heavy atom. The zero-order chi connectivity index (χ0) is 23.5. The van der Waals surface area contributed by atoms with Gasteiger partial charge in [0.05, 0.1) is 14.2 Å². The average molecular weight is 468 g/mol. The fourth-order valence-corrected chi connectivity index (χ4v) is 4.80. The van der Waals surface area contributed by atoms with Gasteiger partial charge < -0.3 is 14.2 Å². The monoisotopic (exact) mass is 467 g/mol. The van der Waals surface area contributed by atoms with Crippen LogP contribution in [0.15, 0.2) is 58.7 Å². The van der Waals surface area contributed by atoms with E-state index in [2.05, 4.69) is 4.99 Å². The molecule has 0 aromatic heterocycles. The number of ketones is 1. The van der Waals surface area contributed by atoms with E-state index in [9.17, 15) is 9.59 Å². The Morgan fingerprint density at radius 3 is 2.67 bits per heavy atom. The Kier molecular flexibility index (Phi) is 6.84. The number of esters is 1. The minimum absolute atomic E-state index is 0.0339. The van der Waals surface area contributed by atoms with E-state index in [1.165, 1.54) is 7.11 Å². The number of allylic oxidation sites excluding steroid dienone is 2. The molecule has 172 valence electrons. The van der Waals surface area contributed by atoms with Gasteiger partial charge >= 0.3 is 5.97 Å². The predicted molar refractivity (Wildman–Crippen MR) is 126 cm³/mol. The molecule has 1 aliphatic carbocycles. The van der Waals surface area contributed by atoms with Gasteiger partial charge in [-0.2, -0.15) is 0 Å². The summed E-state index contributed by atoms with van der Waals surface area (Å²) in [6.45, 7) is 2.14. The average Bonchev–Trinajstić information content (AvgIpc) is 2.81. The zero-order valence-electron chi connectivity index (χ0n) is 18.9. The van der Waals surface area contributed by atoms with Crippen LogP contribution in [0, 0.1) is 5.92 Å². The Balaban J connectivity index is 1.71. The van der Waals surface area contributed by atoms with Gasteiger partial charge in [0.2, 0.25) is 0 Å². The molecule has 1 unspecified atom stereocenters. The van der Waals surface area contributed by atoms with Gasteiger partial charge in [0.1, 0.15) is 12.5 Å². The molecule has 0 saturated carbocycles. The van der Waals surface area contributed by atoms with E-state index < -0.39 is 17.8 Å². The van der Waals surface area contributed by atoms with Crippen LogP contribution in [0.25, 0.3) is 0 Å². The number of nitrogens with zero attached hydrogens (tertiary/aromatic N) is 1. The molecule has 0 N–H and O–H groups in total. The lowest BCUT2D eigenvalue weighted by molar-refractivity contribution is -0.143. The summed E-state index contributed by atoms with van der Waals surface area (Å²) in [4.78, 5) is 30.3. The summed E-state index contributed by atoms with van der Waals surface area (Å²) in [5, 5.41) is 0.642. The first-order valence-electron chi connectivity index (χ1n) is 10.9. The predicted octanol–water partition coefficient (Wildman–Crippen LogP) is 5.28. The number of carbonyl (C=O) groups excluding carboxylic acids is 2. The molecule has 6 nitrogen and oxygen atoms in total. The SMILES string of the molecule is COC(=O)C1C(C)=NC2=C(C(=O)CCC2)[C@H]1c1ccc(OCc2cccc(Cl)c2)c(OC)c1. The van der Waals surface area contributed by atoms with Crippen molar-refractivity contribution in [1.29, 1.82) is 0 Å². The van der Waals surface area contributed by atoms with Crippen molar-refractivity contribution in [3.8, 4) is 11.5 Å². The molecule has 2 aromatic rings. The van der Waals surface area contributed by atoms with E-state index in [-0.39, 0.29) is 5.78 Å². The summed E-state index contributed by atoms with van der Waals surface area (Å²) in [7, 11) is 2.92. The molecular weight excluding hydrogens is 442 g/mol. The van der Waals surface area contributed by atoms with Crippen molar-refractivity contribution in [1.82, 2.24) is 0 Å². The summed E-state index contributed by atoms with van der Waals surface area (Å²) in [5.41, 5.74) is 3.75. The van der Waals surface area contributed by atoms with Crippen LogP contribution in [-0.2, 0) is 20.9 Å². The lowest BCUT2D eigenvalue weighted by atomic mass is 9.71. The molecule has 2 aromatic carbocycles. The van der Waals surface area contributed by atoms with E-state index in [0.29, 0.717) is 40.8 Å². The fraction of sp³-hybridized carbons (Fsp3) is 0.346. The second-order valence-corrected chi connectivity index (χ2v) is 8.63. The maximum Gasteiger partial charge on any atom is 0.315 e. The van der Waals surface area contributed by atoms with E-state index in [4.69, 9.17) is 25.8 Å². The standard InChI is InChI=1S/C26H26ClNO5/c1-15-23(26(30)32-3)24(25-19(28-15)8-5-9-20(25)29)17-10-11-21(22(13-17)31-2)33-14-16-6-4-7-18(27)12-16/h4,6-7,10-13,23-24H,5,8-9,14H2,1-3H3/t23?,24-/m0/s1. The summed E-state index contributed by atoms with van der Waals surface area (Å²) in [5.74, 6) is -0.449. The number of benzene rings is 2. The van der Waals surface area contributed by atoms with Crippen LogP contribution < -0.4 is 9.47 Å². The molecule has 0 amide bonds. The van der Waals surface area contributed by atoms with Crippen LogP contribution in [0.5, 0.6) is 11.5 Å². The summed E-state index contributed by atoms with van der Waals surface area (Å²) in [6, 6.07) is 13.0. The maximum absolute atomic E-state index is 12.9. The first-order chi connectivity index (χ1) is 15.9. The highest BCUT2D eigenvalue weighted by Gasteiger charge is 2.43. The van der Waals surface area contributed by atoms with Crippen molar-refractivity contribution >= 4 is 29.1 Å². The lowest BCUT2D eigenvalue weighted by Crippen LogP contribution is -2.36. The fourth-order valence-electron chi connectivity index (χ4n) is 4.58. The topological polar surface area (TPSA) is 74.2 Å². The minimum Gasteiger partial charge on any atom is -0.493 e. The normalized spacial score (nSPS) is 20.1. The summed E-state index contributed by atoms with van der Waals surface area (Å²) in [6.07, 6.45) is 1.94. The minimum atomic E-state index is -0.668. The Bertz CT molecular complexity index is 1150. The van der Waals surface area contributed by atoms with Crippen LogP contribution in [-0.4, -0.2) is 31.7 Å². The molecule has 0 spiro atoms. The van der Waals surface area contributed by atoms with E-state index >= 15 is 0 Å². The third kappa shape index (κ3) is 4.67. The molecule has 0 fully saturated rings. The molecule has 0 saturated heterocycles. The van der Waals surface area contributed by atoms with Gasteiger partial charge in [0.15, 0.2) is 17.3 Å². The van der Waals surface area contributed by atoms with Gasteiger partial charge in [-0.15, -0.1) is 0 Å². The van der Waals surface area contributed by atoms with Crippen LogP contribution in [0.1, 0.15) is 43.2 Å². The van der Waals surface area contributed by atoms with Crippen LogP contribution in [0.4, 0.5) is 0 Å². The largest absolute Gasteiger partial charge is 0.493 e. The molecule has 0 bridgehead atoms. The van der Waals surface area contributed by atoms with Gasteiger partial charge in [-0.1, -0.05) is 29.8 Å². The molecule has 7 heteroatoms. The zero-order valence-corrected chi connectivity index (χ0v) is 19.6. The second-order valence-electron chi connectivity index (χ2n) is 8.20. The number of hydrogen-bond donors (Lipinski definition) is 0. The Morgan fingerprint density at radius 2 is 1.94 bits per heavy atom. The Labute approximate surface area is 198 Å². The van der Waals surface area contributed by atoms with Crippen molar-refractivity contribution < 1.29 is 23.8 Å². The van der Waals surface area contributed by atoms with Crippen LogP contribution >= 0.6 is 11.6 Å². The van der Waals surface area contributed by atoms with Gasteiger partial charge in [0.25, 0.3) is 0 Å². The number of carbonyl (C=O) groups is 2. The molecule has 1 aliphatic heterocycles. The van der Waals surface area contributed by atoms with Crippen molar-refractivity contribution in [2.75, 3.05) is 14.2 Å². The third-order valence-electron chi connectivity index (χ3n) is 6.12. The van der Waals surface area contributed by atoms with Crippen molar-refractivity contribution in [2.45, 2.75) is 38.7 Å². The number of hydrogen-bond acceptors (Lipinski definition) is 6. The highest BCUT2D eigenvalue weighted by Crippen LogP contribution is 2.45. The smallest absolute Gasteiger partial charge is 0.315 e. The summed E-state index contributed by atoms with van der Waals surface area (Å²) >= 11 is 6.06. The summed E-state index contributed by atoms with van der Waals surface area (Å²) < 4.78 is 16.7. The highest BCUT2D eigenvalue weighted by atomic mass is 35.5. The van der Waals surface area contributed by atoms with E-state index in [1.54, 1.807) is 7.11 Å². The van der Waals surface area contributed by atoms with E-state index in [0.717, 1.165) is 29.7 Å². The lowest BCUT2D eigenvalue weighted by Gasteiger charge is -2.34. The van der Waals surface area contributed by atoms with Gasteiger partial charge in [-0.05, 0) is 55.2 Å². The molecule has 0 radical (unpaired) electrons. The number of halogens is 1. The maximum atomic E-state index is 12.9. The quantitative estimate of drug-likeness (QED) is 0.540. The van der Waals surface area contributed by atoms with Gasteiger partial charge in [-0.25, -0.2) is 0 Å². The molecule has 2 aliphatic rings. The number of methoxy groups -OCH3 is 2. The van der Waals surface area contributed by atoms with E-state index in [1.807, 2.05) is 49.4 Å². The highest BCUT2D eigenvalue weighted by molar-refractivity contribution is 6.30. The number of aliphatic imine (C=N–C) groups is 1. The third-order valence-corrected chi connectivity index (χ3v) is 6.35.